The predicted molar refractivity (Wildman–Crippen MR) is 302 cm³/mol. The van der Waals surface area contributed by atoms with Crippen LogP contribution >= 0.6 is 0 Å². The van der Waals surface area contributed by atoms with Gasteiger partial charge in [-0.05, 0) is 124 Å². The van der Waals surface area contributed by atoms with Gasteiger partial charge in [0.25, 0.3) is 0 Å². The highest BCUT2D eigenvalue weighted by Crippen LogP contribution is 2.42. The molecule has 0 atom stereocenters. The number of furan rings is 1. The summed E-state index contributed by atoms with van der Waals surface area (Å²) in [6.45, 7) is 0. The molecule has 0 N–H and O–H groups in total. The smallest absolute Gasteiger partial charge is 0.180 e. The van der Waals surface area contributed by atoms with Gasteiger partial charge in [0.1, 0.15) is 11.2 Å². The first kappa shape index (κ1) is 39.9. The number of benzene rings is 12. The topological polar surface area (TPSA) is 18.1 Å². The number of fused-ring (bicyclic) bond motifs is 11. The zero-order chi connectivity index (χ0) is 46.6. The lowest BCUT2D eigenvalue weighted by Gasteiger charge is -2.32. The van der Waals surface area contributed by atoms with Crippen LogP contribution in [-0.4, -0.2) is 12.6 Å². The Balaban J connectivity index is 0.989. The maximum atomic E-state index is 6.68. The SMILES string of the molecule is c1ccc([Si]2(c3ccccc3)c3cc(-c4cccc5c4oc4ccccc45)ccc3-c3ccc(-n4c5ccc(-c6cccc7ccccc67)cc5c5cc(-c6cccc7ccccc67)ccc54)cc32)cc1. The van der Waals surface area contributed by atoms with Crippen molar-refractivity contribution in [3.05, 3.63) is 261 Å². The van der Waals surface area contributed by atoms with Crippen molar-refractivity contribution in [2.45, 2.75) is 0 Å². The lowest BCUT2D eigenvalue weighted by atomic mass is 9.95. The van der Waals surface area contributed by atoms with Gasteiger partial charge in [-0.25, -0.2) is 0 Å². The summed E-state index contributed by atoms with van der Waals surface area (Å²) in [5, 5.41) is 15.3. The monoisotopic (exact) mass is 917 g/mol. The lowest BCUT2D eigenvalue weighted by Crippen LogP contribution is -2.72. The molecule has 14 aromatic rings. The molecule has 0 unspecified atom stereocenters. The zero-order valence-corrected chi connectivity index (χ0v) is 39.7. The predicted octanol–water partition coefficient (Wildman–Crippen LogP) is 15.3. The van der Waals surface area contributed by atoms with Crippen LogP contribution in [0.25, 0.3) is 115 Å². The summed E-state index contributed by atoms with van der Waals surface area (Å²) in [5.74, 6) is 0. The fourth-order valence-corrected chi connectivity index (χ4v) is 17.6. The van der Waals surface area contributed by atoms with Gasteiger partial charge in [-0.1, -0.05) is 218 Å². The van der Waals surface area contributed by atoms with Gasteiger partial charge in [-0.2, -0.15) is 0 Å². The Bertz CT molecular complexity index is 4280. The average Bonchev–Trinajstić information content (AvgIpc) is 4.09. The summed E-state index contributed by atoms with van der Waals surface area (Å²) in [7, 11) is -2.97. The van der Waals surface area contributed by atoms with E-state index in [-0.39, 0.29) is 0 Å². The molecule has 71 heavy (non-hydrogen) atoms. The molecule has 3 heterocycles. The standard InChI is InChI=1S/C68H43NOSi/c1-3-20-50(21-4-1)71(51-22-5-2-6-23-51)66-42-48(56-29-15-30-60-57-26-11-12-31-65(57)70-68(56)60)32-36-58(66)59-37-35-49(43-67(59)71)69-63-38-33-46(54-27-13-18-44-16-7-9-24-52(44)54)40-61(63)62-41-47(34-39-64(62)69)55-28-14-19-45-17-8-10-25-53(45)55/h1-43H. The molecule has 2 nitrogen and oxygen atoms in total. The van der Waals surface area contributed by atoms with Gasteiger partial charge in [0.05, 0.1) is 11.0 Å². The third kappa shape index (κ3) is 5.88. The number of rotatable bonds is 6. The molecule has 15 rings (SSSR count). The number of aromatic nitrogens is 1. The molecule has 330 valence electrons. The fraction of sp³-hybridized carbons (Fsp3) is 0. The summed E-state index contributed by atoms with van der Waals surface area (Å²) in [4.78, 5) is 0. The molecule has 0 amide bonds. The summed E-state index contributed by atoms with van der Waals surface area (Å²) in [6, 6.07) is 97.2. The highest BCUT2D eigenvalue weighted by Gasteiger charge is 2.49. The number of hydrogen-bond donors (Lipinski definition) is 0. The van der Waals surface area contributed by atoms with E-state index in [1.54, 1.807) is 0 Å². The average molecular weight is 918 g/mol. The van der Waals surface area contributed by atoms with Gasteiger partial charge < -0.3 is 8.98 Å². The summed E-state index contributed by atoms with van der Waals surface area (Å²) in [5.41, 5.74) is 15.1. The second-order valence-electron chi connectivity index (χ2n) is 19.1. The van der Waals surface area contributed by atoms with Crippen LogP contribution in [0.4, 0.5) is 0 Å². The van der Waals surface area contributed by atoms with E-state index >= 15 is 0 Å². The van der Waals surface area contributed by atoms with E-state index in [4.69, 9.17) is 4.42 Å². The molecule has 0 aliphatic carbocycles. The van der Waals surface area contributed by atoms with Crippen LogP contribution in [0.3, 0.4) is 0 Å². The first-order valence-electron chi connectivity index (χ1n) is 24.6. The zero-order valence-electron chi connectivity index (χ0n) is 38.7. The molecule has 0 radical (unpaired) electrons. The van der Waals surface area contributed by atoms with Crippen LogP contribution in [0.5, 0.6) is 0 Å². The van der Waals surface area contributed by atoms with Crippen molar-refractivity contribution in [2.75, 3.05) is 0 Å². The quantitative estimate of drug-likeness (QED) is 0.152. The van der Waals surface area contributed by atoms with Gasteiger partial charge in [0.15, 0.2) is 8.07 Å². The third-order valence-electron chi connectivity index (χ3n) is 15.5. The van der Waals surface area contributed by atoms with Crippen LogP contribution in [0, 0.1) is 0 Å². The van der Waals surface area contributed by atoms with Crippen molar-refractivity contribution < 1.29 is 4.42 Å². The molecule has 1 aliphatic heterocycles. The molecule has 0 saturated heterocycles. The Hall–Kier alpha value is -9.02. The van der Waals surface area contributed by atoms with E-state index in [0.717, 1.165) is 38.8 Å². The summed E-state index contributed by atoms with van der Waals surface area (Å²) in [6.07, 6.45) is 0. The van der Waals surface area contributed by atoms with E-state index in [1.165, 1.54) is 97.5 Å². The third-order valence-corrected chi connectivity index (χ3v) is 20.3. The van der Waals surface area contributed by atoms with E-state index in [2.05, 4.69) is 265 Å². The first-order valence-corrected chi connectivity index (χ1v) is 26.6. The molecule has 2 aromatic heterocycles. The summed E-state index contributed by atoms with van der Waals surface area (Å²) >= 11 is 0. The van der Waals surface area contributed by atoms with Gasteiger partial charge in [-0.15, -0.1) is 0 Å². The Kier molecular flexibility index (Phi) is 8.71. The van der Waals surface area contributed by atoms with Crippen LogP contribution < -0.4 is 20.7 Å². The van der Waals surface area contributed by atoms with Crippen molar-refractivity contribution in [3.8, 4) is 50.2 Å². The number of para-hydroxylation sites is 2. The Morgan fingerprint density at radius 1 is 0.296 bits per heavy atom. The second-order valence-corrected chi connectivity index (χ2v) is 22.8. The van der Waals surface area contributed by atoms with Crippen molar-refractivity contribution in [1.82, 2.24) is 4.57 Å². The van der Waals surface area contributed by atoms with Crippen molar-refractivity contribution in [1.29, 1.82) is 0 Å². The lowest BCUT2D eigenvalue weighted by molar-refractivity contribution is 0.670. The highest BCUT2D eigenvalue weighted by atomic mass is 28.3. The molecule has 0 saturated carbocycles. The molecular formula is C68H43NOSi. The first-order chi connectivity index (χ1) is 35.2. The van der Waals surface area contributed by atoms with E-state index < -0.39 is 8.07 Å². The van der Waals surface area contributed by atoms with Crippen LogP contribution in [0.1, 0.15) is 0 Å². The van der Waals surface area contributed by atoms with E-state index in [9.17, 15) is 0 Å². The largest absolute Gasteiger partial charge is 0.455 e. The Morgan fingerprint density at radius 3 is 1.39 bits per heavy atom. The van der Waals surface area contributed by atoms with Crippen molar-refractivity contribution in [3.63, 3.8) is 0 Å². The van der Waals surface area contributed by atoms with Crippen LogP contribution in [0.2, 0.25) is 0 Å². The Labute approximate surface area is 412 Å². The number of nitrogens with zero attached hydrogens (tertiary/aromatic N) is 1. The van der Waals surface area contributed by atoms with Crippen molar-refractivity contribution >= 4 is 94.1 Å². The minimum absolute atomic E-state index is 0.910. The van der Waals surface area contributed by atoms with Crippen LogP contribution in [-0.2, 0) is 0 Å². The van der Waals surface area contributed by atoms with Gasteiger partial charge in [0.2, 0.25) is 0 Å². The maximum absolute atomic E-state index is 6.68. The molecule has 3 heteroatoms. The fourth-order valence-electron chi connectivity index (χ4n) is 12.3. The summed E-state index contributed by atoms with van der Waals surface area (Å²) < 4.78 is 9.20. The Morgan fingerprint density at radius 2 is 0.761 bits per heavy atom. The molecular weight excluding hydrogens is 875 g/mol. The number of hydrogen-bond acceptors (Lipinski definition) is 1. The minimum atomic E-state index is -2.97. The van der Waals surface area contributed by atoms with Gasteiger partial charge >= 0.3 is 0 Å². The molecule has 0 fully saturated rings. The highest BCUT2D eigenvalue weighted by molar-refractivity contribution is 7.22. The molecule has 0 spiro atoms. The van der Waals surface area contributed by atoms with Crippen LogP contribution in [0.15, 0.2) is 265 Å². The molecule has 0 bridgehead atoms. The molecule has 1 aliphatic rings. The maximum Gasteiger partial charge on any atom is 0.180 e. The normalized spacial score (nSPS) is 12.9. The van der Waals surface area contributed by atoms with Gasteiger partial charge in [-0.3, -0.25) is 0 Å². The minimum Gasteiger partial charge on any atom is -0.455 e. The van der Waals surface area contributed by atoms with E-state index in [1.807, 2.05) is 0 Å². The van der Waals surface area contributed by atoms with Gasteiger partial charge in [0, 0.05) is 32.8 Å². The van der Waals surface area contributed by atoms with E-state index in [0.29, 0.717) is 0 Å². The van der Waals surface area contributed by atoms with Crippen molar-refractivity contribution in [2.24, 2.45) is 0 Å². The second kappa shape index (κ2) is 15.5. The molecule has 12 aromatic carbocycles.